The second kappa shape index (κ2) is 8.95. The van der Waals surface area contributed by atoms with E-state index in [0.717, 1.165) is 23.3 Å². The lowest BCUT2D eigenvalue weighted by molar-refractivity contribution is 0.102. The third kappa shape index (κ3) is 5.96. The largest absolute Gasteiger partial charge is 0.495 e. The Morgan fingerprint density at radius 1 is 1.15 bits per heavy atom. The average Bonchev–Trinajstić information content (AvgIpc) is 2.59. The molecule has 8 heteroatoms. The Morgan fingerprint density at radius 3 is 2.42 bits per heavy atom. The zero-order chi connectivity index (χ0) is 19.2. The van der Waals surface area contributed by atoms with E-state index in [2.05, 4.69) is 17.0 Å². The molecule has 2 aromatic rings. The number of methoxy groups -OCH3 is 1. The van der Waals surface area contributed by atoms with Crippen molar-refractivity contribution >= 4 is 39.1 Å². The maximum atomic E-state index is 12.4. The number of thioether (sulfide) groups is 1. The molecular formula is C18H22N2O4S2. The van der Waals surface area contributed by atoms with Crippen LogP contribution in [0.15, 0.2) is 42.5 Å². The number of hydrogen-bond acceptors (Lipinski definition) is 5. The molecule has 0 unspecified atom stereocenters. The van der Waals surface area contributed by atoms with Crippen molar-refractivity contribution in [3.63, 3.8) is 0 Å². The maximum Gasteiger partial charge on any atom is 0.255 e. The van der Waals surface area contributed by atoms with Crippen molar-refractivity contribution in [3.8, 4) is 5.75 Å². The molecule has 0 aliphatic rings. The van der Waals surface area contributed by atoms with Crippen LogP contribution in [-0.4, -0.2) is 33.4 Å². The summed E-state index contributed by atoms with van der Waals surface area (Å²) in [7, 11) is -2.02. The topological polar surface area (TPSA) is 84.5 Å². The van der Waals surface area contributed by atoms with Crippen LogP contribution in [0.1, 0.15) is 22.8 Å². The Morgan fingerprint density at radius 2 is 1.85 bits per heavy atom. The number of carbonyl (C=O) groups excluding carboxylic acids is 1. The molecule has 0 atom stereocenters. The second-order valence-corrected chi connectivity index (χ2v) is 8.60. The van der Waals surface area contributed by atoms with E-state index in [9.17, 15) is 13.2 Å². The number of amides is 1. The highest BCUT2D eigenvalue weighted by Gasteiger charge is 2.12. The minimum Gasteiger partial charge on any atom is -0.495 e. The average molecular weight is 395 g/mol. The predicted octanol–water partition coefficient (Wildman–Crippen LogP) is 3.57. The van der Waals surface area contributed by atoms with E-state index in [4.69, 9.17) is 4.74 Å². The summed E-state index contributed by atoms with van der Waals surface area (Å²) in [4.78, 5) is 12.4. The smallest absolute Gasteiger partial charge is 0.255 e. The number of hydrogen-bond donors (Lipinski definition) is 2. The number of sulfonamides is 1. The van der Waals surface area contributed by atoms with Gasteiger partial charge < -0.3 is 10.1 Å². The molecule has 0 saturated heterocycles. The summed E-state index contributed by atoms with van der Waals surface area (Å²) in [5.41, 5.74) is 2.42. The van der Waals surface area contributed by atoms with Gasteiger partial charge in [-0.1, -0.05) is 19.1 Å². The molecule has 1 amide bonds. The van der Waals surface area contributed by atoms with Crippen molar-refractivity contribution < 1.29 is 17.9 Å². The SMILES string of the molecule is CCSCc1ccc(C(=O)Nc2ccc(OC)c(NS(C)(=O)=O)c2)cc1. The Bertz CT molecular complexity index is 865. The first-order valence-corrected chi connectivity index (χ1v) is 11.0. The van der Waals surface area contributed by atoms with Crippen LogP contribution >= 0.6 is 11.8 Å². The van der Waals surface area contributed by atoms with Gasteiger partial charge in [-0.25, -0.2) is 8.42 Å². The van der Waals surface area contributed by atoms with Gasteiger partial charge in [-0.3, -0.25) is 9.52 Å². The van der Waals surface area contributed by atoms with Gasteiger partial charge in [0.15, 0.2) is 0 Å². The molecule has 0 heterocycles. The van der Waals surface area contributed by atoms with Crippen LogP contribution in [0.3, 0.4) is 0 Å². The fourth-order valence-corrected chi connectivity index (χ4v) is 3.43. The van der Waals surface area contributed by atoms with Gasteiger partial charge in [0, 0.05) is 17.0 Å². The first-order chi connectivity index (χ1) is 12.3. The zero-order valence-electron chi connectivity index (χ0n) is 14.9. The van der Waals surface area contributed by atoms with Crippen LogP contribution in [0.5, 0.6) is 5.75 Å². The highest BCUT2D eigenvalue weighted by atomic mass is 32.2. The normalized spacial score (nSPS) is 11.0. The minimum absolute atomic E-state index is 0.264. The molecule has 0 bridgehead atoms. The predicted molar refractivity (Wildman–Crippen MR) is 108 cm³/mol. The van der Waals surface area contributed by atoms with Gasteiger partial charge in [0.25, 0.3) is 5.91 Å². The lowest BCUT2D eigenvalue weighted by Crippen LogP contribution is -2.14. The van der Waals surface area contributed by atoms with Crippen molar-refractivity contribution in [2.75, 3.05) is 29.2 Å². The second-order valence-electron chi connectivity index (χ2n) is 5.58. The van der Waals surface area contributed by atoms with E-state index in [-0.39, 0.29) is 11.6 Å². The van der Waals surface area contributed by atoms with Gasteiger partial charge >= 0.3 is 0 Å². The minimum atomic E-state index is -3.46. The van der Waals surface area contributed by atoms with Crippen LogP contribution in [0.25, 0.3) is 0 Å². The van der Waals surface area contributed by atoms with Gasteiger partial charge in [-0.15, -0.1) is 0 Å². The Labute approximate surface area is 158 Å². The van der Waals surface area contributed by atoms with Crippen molar-refractivity contribution in [2.45, 2.75) is 12.7 Å². The van der Waals surface area contributed by atoms with Crippen molar-refractivity contribution in [2.24, 2.45) is 0 Å². The molecular weight excluding hydrogens is 372 g/mol. The van der Waals surface area contributed by atoms with E-state index in [1.165, 1.54) is 13.2 Å². The molecule has 0 aliphatic carbocycles. The number of nitrogens with one attached hydrogen (secondary N) is 2. The Kier molecular flexibility index (Phi) is 6.93. The third-order valence-corrected chi connectivity index (χ3v) is 4.98. The van der Waals surface area contributed by atoms with E-state index >= 15 is 0 Å². The van der Waals surface area contributed by atoms with E-state index in [0.29, 0.717) is 17.0 Å². The molecule has 2 N–H and O–H groups in total. The highest BCUT2D eigenvalue weighted by molar-refractivity contribution is 7.98. The fraction of sp³-hybridized carbons (Fsp3) is 0.278. The Hall–Kier alpha value is -2.19. The molecule has 2 aromatic carbocycles. The molecule has 0 fully saturated rings. The number of anilines is 2. The summed E-state index contributed by atoms with van der Waals surface area (Å²) in [5.74, 6) is 2.06. The van der Waals surface area contributed by atoms with Crippen LogP contribution < -0.4 is 14.8 Å². The monoisotopic (exact) mass is 394 g/mol. The van der Waals surface area contributed by atoms with E-state index < -0.39 is 10.0 Å². The molecule has 0 aromatic heterocycles. The molecule has 140 valence electrons. The van der Waals surface area contributed by atoms with Gasteiger partial charge in [-0.05, 0) is 41.6 Å². The van der Waals surface area contributed by atoms with Crippen molar-refractivity contribution in [3.05, 3.63) is 53.6 Å². The summed E-state index contributed by atoms with van der Waals surface area (Å²) in [6.07, 6.45) is 1.05. The van der Waals surface area contributed by atoms with Crippen LogP contribution in [0.2, 0.25) is 0 Å². The van der Waals surface area contributed by atoms with Gasteiger partial charge in [0.05, 0.1) is 19.1 Å². The summed E-state index contributed by atoms with van der Waals surface area (Å²) >= 11 is 1.82. The number of rotatable bonds is 8. The van der Waals surface area contributed by atoms with Gasteiger partial charge in [-0.2, -0.15) is 11.8 Å². The summed E-state index contributed by atoms with van der Waals surface area (Å²) < 4.78 is 30.5. The van der Waals surface area contributed by atoms with E-state index in [1.54, 1.807) is 24.3 Å². The van der Waals surface area contributed by atoms with Crippen molar-refractivity contribution in [1.29, 1.82) is 0 Å². The number of ether oxygens (including phenoxy) is 1. The standard InChI is InChI=1S/C18H22N2O4S2/c1-4-25-12-13-5-7-14(8-6-13)18(21)19-15-9-10-17(24-2)16(11-15)20-26(3,22)23/h5-11,20H,4,12H2,1-3H3,(H,19,21). The Balaban J connectivity index is 2.14. The molecule has 6 nitrogen and oxygen atoms in total. The summed E-state index contributed by atoms with van der Waals surface area (Å²) in [6.45, 7) is 2.11. The van der Waals surface area contributed by atoms with Crippen LogP contribution in [0.4, 0.5) is 11.4 Å². The molecule has 0 radical (unpaired) electrons. The lowest BCUT2D eigenvalue weighted by atomic mass is 10.1. The van der Waals surface area contributed by atoms with E-state index in [1.807, 2.05) is 23.9 Å². The molecule has 0 aliphatic heterocycles. The fourth-order valence-electron chi connectivity index (χ4n) is 2.24. The van der Waals surface area contributed by atoms with Crippen LogP contribution in [-0.2, 0) is 15.8 Å². The number of carbonyl (C=O) groups is 1. The molecule has 0 saturated carbocycles. The summed E-state index contributed by atoms with van der Waals surface area (Å²) in [6, 6.07) is 12.2. The zero-order valence-corrected chi connectivity index (χ0v) is 16.5. The van der Waals surface area contributed by atoms with Crippen molar-refractivity contribution in [1.82, 2.24) is 0 Å². The first-order valence-electron chi connectivity index (χ1n) is 7.96. The lowest BCUT2D eigenvalue weighted by Gasteiger charge is -2.12. The molecule has 2 rings (SSSR count). The maximum absolute atomic E-state index is 12.4. The van der Waals surface area contributed by atoms with Crippen LogP contribution in [0, 0.1) is 0 Å². The van der Waals surface area contributed by atoms with Gasteiger partial charge in [0.2, 0.25) is 10.0 Å². The first kappa shape index (κ1) is 20.1. The number of benzene rings is 2. The molecule has 26 heavy (non-hydrogen) atoms. The van der Waals surface area contributed by atoms with Gasteiger partial charge in [0.1, 0.15) is 5.75 Å². The molecule has 0 spiro atoms. The third-order valence-electron chi connectivity index (χ3n) is 3.44. The summed E-state index contributed by atoms with van der Waals surface area (Å²) in [5, 5.41) is 2.76. The highest BCUT2D eigenvalue weighted by Crippen LogP contribution is 2.28. The quantitative estimate of drug-likeness (QED) is 0.715.